The number of fused-ring (bicyclic) bond motifs is 16. The smallest absolute Gasteiger partial charge is 0.0556 e. The van der Waals surface area contributed by atoms with Crippen LogP contribution in [-0.2, 0) is 0 Å². The first-order valence-corrected chi connectivity index (χ1v) is 21.0. The van der Waals surface area contributed by atoms with Gasteiger partial charge in [0, 0.05) is 35.1 Å². The van der Waals surface area contributed by atoms with E-state index in [0.29, 0.717) is 35.5 Å². The zero-order valence-corrected chi connectivity index (χ0v) is 31.6. The largest absolute Gasteiger partial charge is 0.338 e. The summed E-state index contributed by atoms with van der Waals surface area (Å²) in [6, 6.07) is 18.6. The summed E-state index contributed by atoms with van der Waals surface area (Å²) in [5, 5.41) is 0. The average Bonchev–Trinajstić information content (AvgIpc) is 3.26. The number of benzene rings is 2. The zero-order valence-electron chi connectivity index (χ0n) is 31.6. The molecule has 1 nitrogen and oxygen atoms in total. The van der Waals surface area contributed by atoms with Crippen molar-refractivity contribution in [1.82, 2.24) is 4.90 Å². The molecule has 2 aromatic carbocycles. The molecule has 1 heteroatoms. The second-order valence-corrected chi connectivity index (χ2v) is 16.7. The summed E-state index contributed by atoms with van der Waals surface area (Å²) in [5.74, 6) is 2.20. The molecule has 0 spiro atoms. The summed E-state index contributed by atoms with van der Waals surface area (Å²) in [6.45, 7) is 0. The second kappa shape index (κ2) is 13.7. The summed E-state index contributed by atoms with van der Waals surface area (Å²) < 4.78 is 0. The van der Waals surface area contributed by atoms with Crippen LogP contribution in [0.15, 0.2) is 209 Å². The second-order valence-electron chi connectivity index (χ2n) is 16.7. The molecular weight excluding hydrogens is 663 g/mol. The zero-order chi connectivity index (χ0) is 36.3. The minimum atomic E-state index is 0.266. The highest BCUT2D eigenvalue weighted by Gasteiger charge is 2.43. The van der Waals surface area contributed by atoms with Crippen LogP contribution in [0.1, 0.15) is 62.0 Å². The molecule has 0 N–H and O–H groups in total. The average molecular weight is 712 g/mol. The summed E-state index contributed by atoms with van der Waals surface area (Å²) >= 11 is 0. The van der Waals surface area contributed by atoms with Crippen molar-refractivity contribution in [2.75, 3.05) is 0 Å². The molecule has 55 heavy (non-hydrogen) atoms. The first kappa shape index (κ1) is 33.0. The Morgan fingerprint density at radius 1 is 0.527 bits per heavy atom. The van der Waals surface area contributed by atoms with Gasteiger partial charge in [-0.15, -0.1) is 0 Å². The molecule has 0 bridgehead atoms. The molecule has 270 valence electrons. The Kier molecular flexibility index (Phi) is 8.22. The lowest BCUT2D eigenvalue weighted by Gasteiger charge is -2.46. The van der Waals surface area contributed by atoms with E-state index in [1.54, 1.807) is 16.7 Å². The first-order chi connectivity index (χ1) is 27.3. The molecule has 0 saturated heterocycles. The molecule has 0 aromatic heterocycles. The van der Waals surface area contributed by atoms with Gasteiger partial charge < -0.3 is 4.90 Å². The van der Waals surface area contributed by atoms with Crippen molar-refractivity contribution in [3.05, 3.63) is 220 Å². The van der Waals surface area contributed by atoms with Crippen molar-refractivity contribution >= 4 is 5.57 Å². The van der Waals surface area contributed by atoms with Gasteiger partial charge >= 0.3 is 0 Å². The third kappa shape index (κ3) is 5.49. The van der Waals surface area contributed by atoms with Crippen LogP contribution in [0.3, 0.4) is 0 Å². The van der Waals surface area contributed by atoms with Crippen LogP contribution in [0.2, 0.25) is 0 Å². The molecule has 9 aliphatic carbocycles. The SMILES string of the molecule is C1=CCC2C(=C1)C1CC(N(C3=CC4C(C=C3)C3=CCCC=C3C3=CCCC=C3[C@H]3C=CC=CC43)C3C=CC=CC3)=CC=C1c1ccccc1-c1ccccc12. The maximum Gasteiger partial charge on any atom is 0.0556 e. The Balaban J connectivity index is 1.05. The molecule has 6 unspecified atom stereocenters. The van der Waals surface area contributed by atoms with Gasteiger partial charge in [0.25, 0.3) is 0 Å². The van der Waals surface area contributed by atoms with Crippen molar-refractivity contribution in [2.24, 2.45) is 29.6 Å². The van der Waals surface area contributed by atoms with Crippen LogP contribution in [0.4, 0.5) is 0 Å². The highest BCUT2D eigenvalue weighted by Crippen LogP contribution is 2.54. The van der Waals surface area contributed by atoms with Gasteiger partial charge in [0.1, 0.15) is 0 Å². The Morgan fingerprint density at radius 3 is 2.05 bits per heavy atom. The number of nitrogens with zero attached hydrogens (tertiary/aromatic N) is 1. The Bertz CT molecular complexity index is 2400. The highest BCUT2D eigenvalue weighted by atomic mass is 15.2. The molecular formula is C54H49N. The molecule has 1 saturated carbocycles. The van der Waals surface area contributed by atoms with E-state index < -0.39 is 0 Å². The van der Waals surface area contributed by atoms with E-state index in [2.05, 4.69) is 175 Å². The molecule has 11 rings (SSSR count). The van der Waals surface area contributed by atoms with Crippen molar-refractivity contribution in [3.63, 3.8) is 0 Å². The highest BCUT2D eigenvalue weighted by molar-refractivity contribution is 5.88. The van der Waals surface area contributed by atoms with Crippen LogP contribution < -0.4 is 0 Å². The van der Waals surface area contributed by atoms with Crippen LogP contribution in [0, 0.1) is 29.6 Å². The predicted octanol–water partition coefficient (Wildman–Crippen LogP) is 13.2. The van der Waals surface area contributed by atoms with Crippen molar-refractivity contribution in [2.45, 2.75) is 56.9 Å². The number of hydrogen-bond donors (Lipinski definition) is 0. The fraction of sp³-hybridized carbons (Fsp3) is 0.259. The van der Waals surface area contributed by atoms with Crippen LogP contribution in [0.25, 0.3) is 16.7 Å². The Morgan fingerprint density at radius 2 is 1.24 bits per heavy atom. The maximum atomic E-state index is 2.74. The number of allylic oxidation sites excluding steroid dienone is 25. The van der Waals surface area contributed by atoms with Gasteiger partial charge in [0.15, 0.2) is 0 Å². The van der Waals surface area contributed by atoms with Gasteiger partial charge in [-0.3, -0.25) is 0 Å². The summed E-state index contributed by atoms with van der Waals surface area (Å²) in [6.07, 6.45) is 56.8. The fourth-order valence-corrected chi connectivity index (χ4v) is 11.5. The van der Waals surface area contributed by atoms with Gasteiger partial charge in [-0.1, -0.05) is 163 Å². The summed E-state index contributed by atoms with van der Waals surface area (Å²) in [5.41, 5.74) is 17.5. The minimum absolute atomic E-state index is 0.266. The predicted molar refractivity (Wildman–Crippen MR) is 229 cm³/mol. The fourth-order valence-electron chi connectivity index (χ4n) is 11.5. The van der Waals surface area contributed by atoms with E-state index in [9.17, 15) is 0 Å². The topological polar surface area (TPSA) is 3.24 Å². The molecule has 7 atom stereocenters. The third-order valence-corrected chi connectivity index (χ3v) is 13.9. The van der Waals surface area contributed by atoms with Crippen LogP contribution >= 0.6 is 0 Å². The molecule has 0 amide bonds. The summed E-state index contributed by atoms with van der Waals surface area (Å²) in [4.78, 5) is 2.74. The van der Waals surface area contributed by atoms with Crippen molar-refractivity contribution in [1.29, 1.82) is 0 Å². The van der Waals surface area contributed by atoms with Crippen LogP contribution in [-0.4, -0.2) is 10.9 Å². The van der Waals surface area contributed by atoms with Crippen molar-refractivity contribution in [3.8, 4) is 11.1 Å². The van der Waals surface area contributed by atoms with E-state index in [1.165, 1.54) is 50.4 Å². The van der Waals surface area contributed by atoms with E-state index in [-0.39, 0.29) is 6.04 Å². The van der Waals surface area contributed by atoms with Gasteiger partial charge in [-0.25, -0.2) is 0 Å². The number of rotatable bonds is 3. The van der Waals surface area contributed by atoms with Gasteiger partial charge in [-0.2, -0.15) is 0 Å². The molecule has 0 radical (unpaired) electrons. The van der Waals surface area contributed by atoms with Crippen LogP contribution in [0.5, 0.6) is 0 Å². The van der Waals surface area contributed by atoms with E-state index in [0.717, 1.165) is 44.9 Å². The monoisotopic (exact) mass is 711 g/mol. The normalized spacial score (nSPS) is 30.7. The van der Waals surface area contributed by atoms with E-state index in [4.69, 9.17) is 0 Å². The van der Waals surface area contributed by atoms with Crippen molar-refractivity contribution < 1.29 is 0 Å². The molecule has 2 aromatic rings. The van der Waals surface area contributed by atoms with E-state index in [1.807, 2.05) is 0 Å². The standard InChI is InChI=1S/C54H49N/c1-2-16-36(17-3-1)55(37-30-32-51-47-26-10-8-22-43(47)39-18-4-6-20-41(39)45-24-12-14-28-49(45)53(51)34-37)38-31-33-52-48-27-11-9-23-44(48)40-19-5-7-21-42(40)46-25-13-15-29-50(46)54(52)35-38/h1-4,6,8,10,12-16,18-23,25-33,35-36,45-46,50,52-54H,5,7,9,11,17,24,34H2/t36?,45?,46-,50?,52?,53?,54?/m1/s1. The number of hydrogen-bond acceptors (Lipinski definition) is 1. The Labute approximate surface area is 327 Å². The van der Waals surface area contributed by atoms with E-state index >= 15 is 0 Å². The molecule has 1 fully saturated rings. The molecule has 9 aliphatic rings. The lowest BCUT2D eigenvalue weighted by Crippen LogP contribution is -2.38. The quantitative estimate of drug-likeness (QED) is 0.287. The minimum Gasteiger partial charge on any atom is -0.338 e. The van der Waals surface area contributed by atoms with Gasteiger partial charge in [0.05, 0.1) is 6.04 Å². The lowest BCUT2D eigenvalue weighted by atomic mass is 9.60. The lowest BCUT2D eigenvalue weighted by molar-refractivity contribution is 0.313. The maximum absolute atomic E-state index is 2.74. The van der Waals surface area contributed by atoms with Gasteiger partial charge in [-0.05, 0) is 119 Å². The first-order valence-electron chi connectivity index (χ1n) is 21.0. The van der Waals surface area contributed by atoms with Gasteiger partial charge in [0.2, 0.25) is 0 Å². The Hall–Kier alpha value is -5.40. The molecule has 0 aliphatic heterocycles. The third-order valence-electron chi connectivity index (χ3n) is 13.9. The summed E-state index contributed by atoms with van der Waals surface area (Å²) in [7, 11) is 0. The molecule has 0 heterocycles.